The molecule has 23 heavy (non-hydrogen) atoms. The minimum Gasteiger partial charge on any atom is -0.493 e. The first-order valence-electron chi connectivity index (χ1n) is 6.87. The van der Waals surface area contributed by atoms with E-state index in [-0.39, 0.29) is 23.4 Å². The Balaban J connectivity index is 2.39. The van der Waals surface area contributed by atoms with Crippen LogP contribution in [0.5, 0.6) is 11.5 Å². The summed E-state index contributed by atoms with van der Waals surface area (Å²) in [4.78, 5) is 23.8. The number of carbonyl (C=O) groups excluding carboxylic acids is 2. The number of rotatable bonds is 6. The van der Waals surface area contributed by atoms with Crippen molar-refractivity contribution in [2.45, 2.75) is 6.54 Å². The Morgan fingerprint density at radius 1 is 1.13 bits per heavy atom. The van der Waals surface area contributed by atoms with Crippen molar-refractivity contribution in [3.63, 3.8) is 0 Å². The number of benzene rings is 2. The van der Waals surface area contributed by atoms with Gasteiger partial charge in [-0.05, 0) is 17.7 Å². The van der Waals surface area contributed by atoms with E-state index in [4.69, 9.17) is 9.47 Å². The summed E-state index contributed by atoms with van der Waals surface area (Å²) >= 11 is 0. The fourth-order valence-electron chi connectivity index (χ4n) is 2.22. The van der Waals surface area contributed by atoms with Crippen LogP contribution in [0.25, 0.3) is 0 Å². The second-order valence-corrected chi connectivity index (χ2v) is 4.73. The van der Waals surface area contributed by atoms with Gasteiger partial charge in [0, 0.05) is 5.56 Å². The molecule has 0 unspecified atom stereocenters. The first-order chi connectivity index (χ1) is 11.1. The van der Waals surface area contributed by atoms with Crippen LogP contribution in [0, 0.1) is 0 Å². The molecule has 0 atom stereocenters. The Bertz CT molecular complexity index is 700. The molecule has 0 spiro atoms. The fraction of sp³-hybridized carbons (Fsp3) is 0.176. The van der Waals surface area contributed by atoms with Crippen molar-refractivity contribution in [3.8, 4) is 11.5 Å². The second kappa shape index (κ2) is 7.42. The lowest BCUT2D eigenvalue weighted by Gasteiger charge is -2.19. The molecule has 6 heteroatoms. The van der Waals surface area contributed by atoms with Crippen LogP contribution in [0.15, 0.2) is 42.5 Å². The van der Waals surface area contributed by atoms with Crippen molar-refractivity contribution in [1.29, 1.82) is 0 Å². The van der Waals surface area contributed by atoms with Gasteiger partial charge in [0.1, 0.15) is 0 Å². The van der Waals surface area contributed by atoms with Crippen LogP contribution in [0.4, 0.5) is 0 Å². The number of aldehydes is 1. The quantitative estimate of drug-likeness (QED) is 0.503. The number of carbonyl (C=O) groups is 2. The van der Waals surface area contributed by atoms with Gasteiger partial charge < -0.3 is 9.47 Å². The number of amides is 1. The molecule has 0 aromatic heterocycles. The monoisotopic (exact) mass is 315 g/mol. The van der Waals surface area contributed by atoms with E-state index in [0.29, 0.717) is 17.1 Å². The zero-order valence-corrected chi connectivity index (χ0v) is 12.9. The summed E-state index contributed by atoms with van der Waals surface area (Å²) in [7, 11) is 2.79. The van der Waals surface area contributed by atoms with Gasteiger partial charge in [0.2, 0.25) is 0 Å². The fourth-order valence-corrected chi connectivity index (χ4v) is 2.22. The van der Waals surface area contributed by atoms with Crippen molar-refractivity contribution in [2.75, 3.05) is 14.2 Å². The Kier molecular flexibility index (Phi) is 5.32. The lowest BCUT2D eigenvalue weighted by atomic mass is 10.1. The smallest absolute Gasteiger partial charge is 0.282 e. The minimum atomic E-state index is -0.744. The molecule has 6 nitrogen and oxygen atoms in total. The number of hydroxylamine groups is 2. The third kappa shape index (κ3) is 3.49. The van der Waals surface area contributed by atoms with E-state index >= 15 is 0 Å². The molecular formula is C17H17NO5. The normalized spacial score (nSPS) is 10.0. The molecule has 2 aromatic rings. The van der Waals surface area contributed by atoms with Gasteiger partial charge in [-0.3, -0.25) is 14.8 Å². The third-order valence-electron chi connectivity index (χ3n) is 3.33. The summed E-state index contributed by atoms with van der Waals surface area (Å²) in [6.45, 7) is -0.0155. The highest BCUT2D eigenvalue weighted by atomic mass is 16.5. The maximum absolute atomic E-state index is 12.6. The molecule has 1 amide bonds. The first-order valence-corrected chi connectivity index (χ1v) is 6.87. The second-order valence-electron chi connectivity index (χ2n) is 4.73. The highest BCUT2D eigenvalue weighted by molar-refractivity contribution is 6.04. The molecule has 2 rings (SSSR count). The third-order valence-corrected chi connectivity index (χ3v) is 3.33. The molecule has 2 aromatic carbocycles. The van der Waals surface area contributed by atoms with Crippen molar-refractivity contribution in [3.05, 3.63) is 59.2 Å². The molecule has 0 saturated carbocycles. The summed E-state index contributed by atoms with van der Waals surface area (Å²) in [5.41, 5.74) is 0.818. The van der Waals surface area contributed by atoms with Crippen LogP contribution >= 0.6 is 0 Å². The Morgan fingerprint density at radius 3 is 2.39 bits per heavy atom. The summed E-state index contributed by atoms with van der Waals surface area (Å²) in [6.07, 6.45) is 0.533. The predicted molar refractivity (Wildman–Crippen MR) is 83.0 cm³/mol. The molecule has 1 N–H and O–H groups in total. The van der Waals surface area contributed by atoms with Crippen LogP contribution in [0.1, 0.15) is 26.3 Å². The largest absolute Gasteiger partial charge is 0.493 e. The molecule has 0 aliphatic carbocycles. The Hall–Kier alpha value is -2.86. The average Bonchev–Trinajstić information content (AvgIpc) is 2.60. The zero-order chi connectivity index (χ0) is 16.8. The summed E-state index contributed by atoms with van der Waals surface area (Å²) in [5.74, 6) is -0.338. The Morgan fingerprint density at radius 2 is 1.83 bits per heavy atom. The van der Waals surface area contributed by atoms with Crippen LogP contribution in [0.2, 0.25) is 0 Å². The van der Waals surface area contributed by atoms with Crippen molar-refractivity contribution >= 4 is 12.2 Å². The number of nitrogens with zero attached hydrogens (tertiary/aromatic N) is 1. The van der Waals surface area contributed by atoms with E-state index in [1.165, 1.54) is 26.4 Å². The molecule has 0 aliphatic heterocycles. The van der Waals surface area contributed by atoms with Crippen LogP contribution < -0.4 is 9.47 Å². The molecule has 0 bridgehead atoms. The number of hydrogen-bond donors (Lipinski definition) is 1. The molecule has 0 saturated heterocycles. The highest BCUT2D eigenvalue weighted by Gasteiger charge is 2.25. The van der Waals surface area contributed by atoms with Crippen LogP contribution in [0.3, 0.4) is 0 Å². The number of methoxy groups -OCH3 is 2. The number of hydrogen-bond acceptors (Lipinski definition) is 5. The van der Waals surface area contributed by atoms with Gasteiger partial charge in [-0.25, -0.2) is 5.06 Å². The topological polar surface area (TPSA) is 76.1 Å². The molecule has 0 aliphatic rings. The average molecular weight is 315 g/mol. The minimum absolute atomic E-state index is 0.0155. The van der Waals surface area contributed by atoms with Crippen molar-refractivity contribution < 1.29 is 24.3 Å². The van der Waals surface area contributed by atoms with Gasteiger partial charge in [-0.15, -0.1) is 0 Å². The van der Waals surface area contributed by atoms with Gasteiger partial charge >= 0.3 is 0 Å². The maximum Gasteiger partial charge on any atom is 0.282 e. The van der Waals surface area contributed by atoms with Gasteiger partial charge in [0.25, 0.3) is 5.91 Å². The van der Waals surface area contributed by atoms with Crippen LogP contribution in [-0.2, 0) is 6.54 Å². The summed E-state index contributed by atoms with van der Waals surface area (Å²) in [6, 6.07) is 12.0. The molecular weight excluding hydrogens is 298 g/mol. The zero-order valence-electron chi connectivity index (χ0n) is 12.9. The van der Waals surface area contributed by atoms with Gasteiger partial charge in [-0.2, -0.15) is 0 Å². The predicted octanol–water partition coefficient (Wildman–Crippen LogP) is 2.55. The number of ether oxygens (including phenoxy) is 2. The SMILES string of the molecule is COc1ccc(C=O)c(C(=O)N(O)Cc2ccccc2)c1OC. The van der Waals surface area contributed by atoms with Gasteiger partial charge in [0.05, 0.1) is 26.3 Å². The maximum atomic E-state index is 12.6. The standard InChI is InChI=1S/C17H17NO5/c1-22-14-9-8-13(11-19)15(16(14)23-2)17(20)18(21)10-12-6-4-3-5-7-12/h3-9,11,21H,10H2,1-2H3. The van der Waals surface area contributed by atoms with E-state index in [2.05, 4.69) is 0 Å². The lowest BCUT2D eigenvalue weighted by Crippen LogP contribution is -2.28. The van der Waals surface area contributed by atoms with Gasteiger partial charge in [-0.1, -0.05) is 30.3 Å². The van der Waals surface area contributed by atoms with Crippen LogP contribution in [-0.4, -0.2) is 36.7 Å². The Labute approximate surface area is 133 Å². The van der Waals surface area contributed by atoms with Crippen molar-refractivity contribution in [2.24, 2.45) is 0 Å². The van der Waals surface area contributed by atoms with E-state index < -0.39 is 5.91 Å². The van der Waals surface area contributed by atoms with E-state index in [0.717, 1.165) is 5.56 Å². The van der Waals surface area contributed by atoms with E-state index in [9.17, 15) is 14.8 Å². The summed E-state index contributed by atoms with van der Waals surface area (Å²) in [5, 5.41) is 10.6. The van der Waals surface area contributed by atoms with Crippen molar-refractivity contribution in [1.82, 2.24) is 5.06 Å². The molecule has 120 valence electrons. The first kappa shape index (κ1) is 16.5. The molecule has 0 radical (unpaired) electrons. The summed E-state index contributed by atoms with van der Waals surface area (Å²) < 4.78 is 10.3. The van der Waals surface area contributed by atoms with Gasteiger partial charge in [0.15, 0.2) is 17.8 Å². The van der Waals surface area contributed by atoms with E-state index in [1.807, 2.05) is 6.07 Å². The highest BCUT2D eigenvalue weighted by Crippen LogP contribution is 2.33. The lowest BCUT2D eigenvalue weighted by molar-refractivity contribution is -0.0650. The molecule has 0 heterocycles. The van der Waals surface area contributed by atoms with E-state index in [1.54, 1.807) is 24.3 Å². The molecule has 0 fully saturated rings.